The van der Waals surface area contributed by atoms with Gasteiger partial charge < -0.3 is 4.90 Å². The van der Waals surface area contributed by atoms with E-state index in [4.69, 9.17) is 33.9 Å². The lowest BCUT2D eigenvalue weighted by Crippen LogP contribution is -2.31. The first kappa shape index (κ1) is 19.8. The Labute approximate surface area is 162 Å². The van der Waals surface area contributed by atoms with Crippen LogP contribution in [0.5, 0.6) is 0 Å². The van der Waals surface area contributed by atoms with Crippen LogP contribution in [0.15, 0.2) is 41.3 Å². The van der Waals surface area contributed by atoms with Crippen LogP contribution in [-0.2, 0) is 15.6 Å². The summed E-state index contributed by atoms with van der Waals surface area (Å²) in [4.78, 5) is 2.27. The van der Waals surface area contributed by atoms with Crippen LogP contribution in [0.25, 0.3) is 0 Å². The molecule has 130 valence electrons. The third-order valence-electron chi connectivity index (χ3n) is 4.06. The summed E-state index contributed by atoms with van der Waals surface area (Å²) in [5.41, 5.74) is 3.14. The summed E-state index contributed by atoms with van der Waals surface area (Å²) in [6.07, 6.45) is 0. The Morgan fingerprint density at radius 3 is 2.33 bits per heavy atom. The maximum absolute atomic E-state index is 11.4. The Bertz CT molecular complexity index is 853. The molecule has 2 aromatic carbocycles. The Balaban J connectivity index is 0.00000208. The summed E-state index contributed by atoms with van der Waals surface area (Å²) in [5.74, 6) is 0.0760. The molecule has 3 nitrogen and oxygen atoms in total. The first-order valence-electron chi connectivity index (χ1n) is 6.96. The minimum absolute atomic E-state index is 0. The third kappa shape index (κ3) is 4.01. The number of halogens is 4. The summed E-state index contributed by atoms with van der Waals surface area (Å²) in [7, 11) is 3.68. The average molecular weight is 427 g/mol. The molecule has 1 atom stereocenters. The lowest BCUT2D eigenvalue weighted by molar-refractivity contribution is 0.295. The molecule has 0 fully saturated rings. The highest BCUT2D eigenvalue weighted by atomic mass is 35.7. The highest BCUT2D eigenvalue weighted by Crippen LogP contribution is 2.38. The Hall–Kier alpha value is -0.490. The largest absolute Gasteiger partial charge is 0.301 e. The fourth-order valence-electron chi connectivity index (χ4n) is 2.99. The van der Waals surface area contributed by atoms with Gasteiger partial charge in [0.1, 0.15) is 0 Å². The summed E-state index contributed by atoms with van der Waals surface area (Å²) < 4.78 is 22.8. The lowest BCUT2D eigenvalue weighted by Gasteiger charge is -2.33. The molecule has 3 rings (SSSR count). The van der Waals surface area contributed by atoms with Crippen LogP contribution in [0.1, 0.15) is 22.6 Å². The molecule has 8 heteroatoms. The van der Waals surface area contributed by atoms with Crippen molar-refractivity contribution in [2.75, 3.05) is 13.6 Å². The molecule has 1 unspecified atom stereocenters. The Morgan fingerprint density at radius 2 is 1.75 bits per heavy atom. The smallest absolute Gasteiger partial charge is 0.261 e. The molecule has 24 heavy (non-hydrogen) atoms. The second-order valence-electron chi connectivity index (χ2n) is 5.71. The molecule has 0 saturated heterocycles. The van der Waals surface area contributed by atoms with Gasteiger partial charge in [0.15, 0.2) is 0 Å². The van der Waals surface area contributed by atoms with Gasteiger partial charge in [-0.05, 0) is 48.0 Å². The molecular weight excluding hydrogens is 412 g/mol. The molecule has 0 aromatic heterocycles. The summed E-state index contributed by atoms with van der Waals surface area (Å²) in [5, 5.41) is 1.26. The summed E-state index contributed by atoms with van der Waals surface area (Å²) in [6.45, 7) is 1.56. The van der Waals surface area contributed by atoms with Gasteiger partial charge in [-0.15, -0.1) is 12.4 Å². The first-order valence-corrected chi connectivity index (χ1v) is 10.0. The van der Waals surface area contributed by atoms with Gasteiger partial charge in [-0.2, -0.15) is 0 Å². The Morgan fingerprint density at radius 1 is 1.12 bits per heavy atom. The van der Waals surface area contributed by atoms with E-state index in [-0.39, 0.29) is 23.2 Å². The molecule has 2 aromatic rings. The number of benzene rings is 2. The fraction of sp³-hybridized carbons (Fsp3) is 0.250. The average Bonchev–Trinajstić information content (AvgIpc) is 2.47. The normalized spacial score (nSPS) is 17.9. The second kappa shape index (κ2) is 7.40. The molecule has 0 aliphatic carbocycles. The molecule has 1 aliphatic rings. The second-order valence-corrected chi connectivity index (χ2v) is 9.12. The van der Waals surface area contributed by atoms with Crippen molar-refractivity contribution in [2.45, 2.75) is 17.4 Å². The highest BCUT2D eigenvalue weighted by molar-refractivity contribution is 8.13. The number of fused-ring (bicyclic) bond motifs is 1. The number of hydrogen-bond donors (Lipinski definition) is 0. The minimum Gasteiger partial charge on any atom is -0.301 e. The monoisotopic (exact) mass is 425 g/mol. The SMILES string of the molecule is CN1Cc2c(Cl)cc(Cl)cc2C(c2ccc(S(=O)(=O)Cl)cc2)C1.Cl. The maximum Gasteiger partial charge on any atom is 0.261 e. The quantitative estimate of drug-likeness (QED) is 0.639. The van der Waals surface area contributed by atoms with Crippen molar-refractivity contribution in [3.05, 3.63) is 63.1 Å². The number of nitrogens with zero attached hydrogens (tertiary/aromatic N) is 1. The molecule has 0 spiro atoms. The zero-order valence-corrected chi connectivity index (χ0v) is 16.6. The van der Waals surface area contributed by atoms with Crippen molar-refractivity contribution in [1.82, 2.24) is 4.90 Å². The molecule has 0 saturated carbocycles. The van der Waals surface area contributed by atoms with E-state index in [0.717, 1.165) is 29.8 Å². The van der Waals surface area contributed by atoms with Crippen LogP contribution < -0.4 is 0 Å². The molecule has 0 N–H and O–H groups in total. The highest BCUT2D eigenvalue weighted by Gasteiger charge is 2.27. The molecular formula is C16H15Cl4NO2S. The van der Waals surface area contributed by atoms with E-state index in [1.165, 1.54) is 12.1 Å². The predicted octanol–water partition coefficient (Wildman–Crippen LogP) is 4.92. The molecule has 1 aliphatic heterocycles. The van der Waals surface area contributed by atoms with Crippen molar-refractivity contribution in [2.24, 2.45) is 0 Å². The number of hydrogen-bond acceptors (Lipinski definition) is 3. The van der Waals surface area contributed by atoms with Gasteiger partial charge in [-0.1, -0.05) is 35.3 Å². The van der Waals surface area contributed by atoms with Gasteiger partial charge in [0.25, 0.3) is 9.05 Å². The van der Waals surface area contributed by atoms with Crippen LogP contribution >= 0.6 is 46.3 Å². The van der Waals surface area contributed by atoms with Crippen molar-refractivity contribution in [1.29, 1.82) is 0 Å². The van der Waals surface area contributed by atoms with Gasteiger partial charge in [0.2, 0.25) is 0 Å². The molecule has 0 amide bonds. The first-order chi connectivity index (χ1) is 10.8. The number of likely N-dealkylation sites (N-methyl/N-ethyl adjacent to an activating group) is 1. The summed E-state index contributed by atoms with van der Waals surface area (Å²) >= 11 is 12.5. The van der Waals surface area contributed by atoms with Gasteiger partial charge in [0, 0.05) is 39.7 Å². The van der Waals surface area contributed by atoms with Crippen molar-refractivity contribution in [3.63, 3.8) is 0 Å². The van der Waals surface area contributed by atoms with Crippen LogP contribution in [0, 0.1) is 0 Å². The van der Waals surface area contributed by atoms with E-state index >= 15 is 0 Å². The van der Waals surface area contributed by atoms with Gasteiger partial charge >= 0.3 is 0 Å². The van der Waals surface area contributed by atoms with Crippen molar-refractivity contribution < 1.29 is 8.42 Å². The topological polar surface area (TPSA) is 37.4 Å². The minimum atomic E-state index is -3.72. The Kier molecular flexibility index (Phi) is 6.12. The van der Waals surface area contributed by atoms with E-state index in [2.05, 4.69) is 4.90 Å². The predicted molar refractivity (Wildman–Crippen MR) is 101 cm³/mol. The van der Waals surface area contributed by atoms with Crippen molar-refractivity contribution >= 4 is 55.3 Å². The fourth-order valence-corrected chi connectivity index (χ4v) is 4.33. The lowest BCUT2D eigenvalue weighted by atomic mass is 9.85. The van der Waals surface area contributed by atoms with Crippen LogP contribution in [-0.4, -0.2) is 26.9 Å². The zero-order chi connectivity index (χ0) is 16.8. The van der Waals surface area contributed by atoms with E-state index in [0.29, 0.717) is 10.0 Å². The van der Waals surface area contributed by atoms with Gasteiger partial charge in [-0.3, -0.25) is 0 Å². The standard InChI is InChI=1S/C16H14Cl3NO2S.ClH/c1-20-8-14(10-2-4-12(5-3-10)23(19,21)22)13-6-11(17)7-16(18)15(13)9-20;/h2-7,14H,8-9H2,1H3;1H. The van der Waals surface area contributed by atoms with E-state index < -0.39 is 9.05 Å². The van der Waals surface area contributed by atoms with Crippen LogP contribution in [0.2, 0.25) is 10.0 Å². The zero-order valence-electron chi connectivity index (χ0n) is 12.7. The van der Waals surface area contributed by atoms with Gasteiger partial charge in [-0.25, -0.2) is 8.42 Å². The van der Waals surface area contributed by atoms with Crippen LogP contribution in [0.3, 0.4) is 0 Å². The molecule has 0 bridgehead atoms. The summed E-state index contributed by atoms with van der Waals surface area (Å²) in [6, 6.07) is 10.3. The third-order valence-corrected chi connectivity index (χ3v) is 5.98. The molecule has 0 radical (unpaired) electrons. The van der Waals surface area contributed by atoms with E-state index in [9.17, 15) is 8.42 Å². The number of rotatable bonds is 2. The van der Waals surface area contributed by atoms with Crippen LogP contribution in [0.4, 0.5) is 0 Å². The van der Waals surface area contributed by atoms with E-state index in [1.807, 2.05) is 13.1 Å². The van der Waals surface area contributed by atoms with Gasteiger partial charge in [0.05, 0.1) is 4.90 Å². The maximum atomic E-state index is 11.4. The molecule has 1 heterocycles. The van der Waals surface area contributed by atoms with Crippen molar-refractivity contribution in [3.8, 4) is 0 Å². The van der Waals surface area contributed by atoms with E-state index in [1.54, 1.807) is 18.2 Å².